The molecule has 0 unspecified atom stereocenters. The van der Waals surface area contributed by atoms with E-state index in [1.165, 1.54) is 32.4 Å². The molecular weight excluding hydrogens is 402 g/mol. The summed E-state index contributed by atoms with van der Waals surface area (Å²) in [6, 6.07) is 9.20. The van der Waals surface area contributed by atoms with E-state index in [9.17, 15) is 4.79 Å². The van der Waals surface area contributed by atoms with Crippen molar-refractivity contribution in [2.24, 2.45) is 0 Å². The predicted octanol–water partition coefficient (Wildman–Crippen LogP) is 4.89. The highest BCUT2D eigenvalue weighted by molar-refractivity contribution is 6.05. The lowest BCUT2D eigenvalue weighted by atomic mass is 10.1. The third-order valence-corrected chi connectivity index (χ3v) is 6.01. The number of hydrogen-bond acceptors (Lipinski definition) is 6. The van der Waals surface area contributed by atoms with Crippen LogP contribution in [0.1, 0.15) is 61.3 Å². The molecular formula is C25H33N5O2. The summed E-state index contributed by atoms with van der Waals surface area (Å²) >= 11 is 0. The van der Waals surface area contributed by atoms with Crippen molar-refractivity contribution in [2.45, 2.75) is 52.4 Å². The average molecular weight is 436 g/mol. The molecule has 0 aliphatic carbocycles. The van der Waals surface area contributed by atoms with Crippen molar-refractivity contribution in [3.05, 3.63) is 47.3 Å². The van der Waals surface area contributed by atoms with Crippen molar-refractivity contribution < 1.29 is 9.21 Å². The lowest BCUT2D eigenvalue weighted by Crippen LogP contribution is -2.31. The fourth-order valence-corrected chi connectivity index (χ4v) is 4.28. The molecule has 170 valence electrons. The Bertz CT molecular complexity index is 1040. The van der Waals surface area contributed by atoms with E-state index in [1.807, 2.05) is 25.1 Å². The highest BCUT2D eigenvalue weighted by atomic mass is 16.3. The van der Waals surface area contributed by atoms with Crippen LogP contribution in [-0.2, 0) is 12.8 Å². The number of pyridine rings is 1. The minimum atomic E-state index is -0.178. The number of amides is 1. The number of carbonyl (C=O) groups is 1. The standard InChI is InChI=1S/C25H33N5O2/c1-3-19-21(26-14-11-17-30-15-9-6-10-16-30)22-24(27-20(4-2)32-22)28-23(19)29-25(31)18-12-7-5-8-13-18/h5,7-8,12-13H,3-4,6,9-11,14-17H2,1-2H3,(H2,26,28,29,31). The van der Waals surface area contributed by atoms with E-state index in [-0.39, 0.29) is 5.91 Å². The Morgan fingerprint density at radius 3 is 2.56 bits per heavy atom. The van der Waals surface area contributed by atoms with Gasteiger partial charge in [0, 0.05) is 24.1 Å². The molecule has 0 atom stereocenters. The monoisotopic (exact) mass is 435 g/mol. The molecule has 2 aromatic heterocycles. The Morgan fingerprint density at radius 1 is 1.06 bits per heavy atom. The Morgan fingerprint density at radius 2 is 1.84 bits per heavy atom. The Kier molecular flexibility index (Phi) is 7.37. The number of nitrogens with zero attached hydrogens (tertiary/aromatic N) is 3. The summed E-state index contributed by atoms with van der Waals surface area (Å²) in [4.78, 5) is 24.5. The van der Waals surface area contributed by atoms with Crippen molar-refractivity contribution in [3.8, 4) is 0 Å². The van der Waals surface area contributed by atoms with Crippen LogP contribution in [0.2, 0.25) is 0 Å². The lowest BCUT2D eigenvalue weighted by molar-refractivity contribution is 0.102. The van der Waals surface area contributed by atoms with Crippen LogP contribution in [0.15, 0.2) is 34.7 Å². The number of rotatable bonds is 9. The van der Waals surface area contributed by atoms with Crippen LogP contribution in [0.3, 0.4) is 0 Å². The van der Waals surface area contributed by atoms with Crippen LogP contribution in [0.25, 0.3) is 11.2 Å². The summed E-state index contributed by atoms with van der Waals surface area (Å²) in [7, 11) is 0. The topological polar surface area (TPSA) is 83.3 Å². The predicted molar refractivity (Wildman–Crippen MR) is 128 cm³/mol. The van der Waals surface area contributed by atoms with Crippen LogP contribution >= 0.6 is 0 Å². The molecule has 1 saturated heterocycles. The first kappa shape index (κ1) is 22.3. The fourth-order valence-electron chi connectivity index (χ4n) is 4.28. The molecule has 0 bridgehead atoms. The summed E-state index contributed by atoms with van der Waals surface area (Å²) < 4.78 is 6.02. The SMILES string of the molecule is CCc1nc2nc(NC(=O)c3ccccc3)c(CC)c(NCCCN3CCCCC3)c2o1. The molecule has 1 aliphatic heterocycles. The number of nitrogens with one attached hydrogen (secondary N) is 2. The van der Waals surface area contributed by atoms with Crippen molar-refractivity contribution >= 4 is 28.6 Å². The first-order chi connectivity index (χ1) is 15.7. The molecule has 3 heterocycles. The zero-order chi connectivity index (χ0) is 22.3. The number of likely N-dealkylation sites (tertiary alicyclic amines) is 1. The fraction of sp³-hybridized carbons (Fsp3) is 0.480. The molecule has 2 N–H and O–H groups in total. The first-order valence-electron chi connectivity index (χ1n) is 11.8. The zero-order valence-electron chi connectivity index (χ0n) is 19.1. The molecule has 7 nitrogen and oxygen atoms in total. The highest BCUT2D eigenvalue weighted by Crippen LogP contribution is 2.33. The molecule has 0 spiro atoms. The van der Waals surface area contributed by atoms with Gasteiger partial charge in [0.2, 0.25) is 5.65 Å². The van der Waals surface area contributed by atoms with Gasteiger partial charge in [-0.15, -0.1) is 0 Å². The van der Waals surface area contributed by atoms with E-state index in [0.29, 0.717) is 41.3 Å². The molecule has 0 saturated carbocycles. The largest absolute Gasteiger partial charge is 0.437 e. The number of piperidine rings is 1. The van der Waals surface area contributed by atoms with Gasteiger partial charge in [-0.2, -0.15) is 4.98 Å². The summed E-state index contributed by atoms with van der Waals surface area (Å²) in [5.41, 5.74) is 3.64. The molecule has 1 aromatic carbocycles. The van der Waals surface area contributed by atoms with E-state index in [1.54, 1.807) is 12.1 Å². The molecule has 1 aliphatic rings. The van der Waals surface area contributed by atoms with Crippen LogP contribution in [-0.4, -0.2) is 47.0 Å². The van der Waals surface area contributed by atoms with Gasteiger partial charge in [-0.25, -0.2) is 4.98 Å². The van der Waals surface area contributed by atoms with Crippen LogP contribution < -0.4 is 10.6 Å². The van der Waals surface area contributed by atoms with Gasteiger partial charge in [-0.1, -0.05) is 38.5 Å². The third-order valence-electron chi connectivity index (χ3n) is 6.01. The summed E-state index contributed by atoms with van der Waals surface area (Å²) in [6.45, 7) is 8.41. The number of aryl methyl sites for hydroxylation is 1. The van der Waals surface area contributed by atoms with Crippen molar-refractivity contribution in [3.63, 3.8) is 0 Å². The number of fused-ring (bicyclic) bond motifs is 1. The normalized spacial score (nSPS) is 14.6. The number of anilines is 2. The van der Waals surface area contributed by atoms with Gasteiger partial charge in [0.25, 0.3) is 5.91 Å². The summed E-state index contributed by atoms with van der Waals surface area (Å²) in [6.07, 6.45) is 6.42. The first-order valence-corrected chi connectivity index (χ1v) is 11.8. The molecule has 32 heavy (non-hydrogen) atoms. The molecule has 1 fully saturated rings. The van der Waals surface area contributed by atoms with Gasteiger partial charge in [-0.3, -0.25) is 4.79 Å². The Balaban J connectivity index is 1.57. The zero-order valence-corrected chi connectivity index (χ0v) is 19.1. The Labute approximate surface area is 189 Å². The number of aromatic nitrogens is 2. The quantitative estimate of drug-likeness (QED) is 0.466. The second-order valence-electron chi connectivity index (χ2n) is 8.28. The van der Waals surface area contributed by atoms with Gasteiger partial charge in [-0.05, 0) is 57.5 Å². The smallest absolute Gasteiger partial charge is 0.256 e. The second kappa shape index (κ2) is 10.6. The van der Waals surface area contributed by atoms with Gasteiger partial charge >= 0.3 is 0 Å². The van der Waals surface area contributed by atoms with Gasteiger partial charge in [0.1, 0.15) is 5.82 Å². The van der Waals surface area contributed by atoms with E-state index in [0.717, 1.165) is 30.8 Å². The lowest BCUT2D eigenvalue weighted by Gasteiger charge is -2.26. The van der Waals surface area contributed by atoms with Crippen LogP contribution in [0.5, 0.6) is 0 Å². The van der Waals surface area contributed by atoms with E-state index < -0.39 is 0 Å². The number of benzene rings is 1. The molecule has 1 amide bonds. The van der Waals surface area contributed by atoms with Gasteiger partial charge in [0.05, 0.1) is 5.69 Å². The van der Waals surface area contributed by atoms with Crippen molar-refractivity contribution in [1.29, 1.82) is 0 Å². The maximum Gasteiger partial charge on any atom is 0.256 e. The average Bonchev–Trinajstić information content (AvgIpc) is 3.26. The van der Waals surface area contributed by atoms with E-state index >= 15 is 0 Å². The van der Waals surface area contributed by atoms with Gasteiger partial charge < -0.3 is 20.0 Å². The second-order valence-corrected chi connectivity index (χ2v) is 8.28. The van der Waals surface area contributed by atoms with E-state index in [4.69, 9.17) is 4.42 Å². The van der Waals surface area contributed by atoms with Crippen LogP contribution in [0, 0.1) is 0 Å². The third kappa shape index (κ3) is 5.10. The summed E-state index contributed by atoms with van der Waals surface area (Å²) in [5.74, 6) is 1.02. The maximum absolute atomic E-state index is 12.8. The van der Waals surface area contributed by atoms with Crippen LogP contribution in [0.4, 0.5) is 11.5 Å². The highest BCUT2D eigenvalue weighted by Gasteiger charge is 2.21. The molecule has 4 rings (SSSR count). The number of hydrogen-bond donors (Lipinski definition) is 2. The van der Waals surface area contributed by atoms with E-state index in [2.05, 4.69) is 32.4 Å². The minimum absolute atomic E-state index is 0.178. The molecule has 7 heteroatoms. The number of oxazole rings is 1. The Hall–Kier alpha value is -2.93. The molecule has 0 radical (unpaired) electrons. The number of carbonyl (C=O) groups excluding carboxylic acids is 1. The van der Waals surface area contributed by atoms with Crippen molar-refractivity contribution in [1.82, 2.24) is 14.9 Å². The minimum Gasteiger partial charge on any atom is -0.437 e. The maximum atomic E-state index is 12.8. The summed E-state index contributed by atoms with van der Waals surface area (Å²) in [5, 5.41) is 6.59. The van der Waals surface area contributed by atoms with Crippen molar-refractivity contribution in [2.75, 3.05) is 36.8 Å². The van der Waals surface area contributed by atoms with Gasteiger partial charge in [0.15, 0.2) is 11.5 Å². The molecule has 3 aromatic rings.